The maximum Gasteiger partial charge on any atom is 0.0477 e. The smallest absolute Gasteiger partial charge is 0.0477 e. The Balaban J connectivity index is 1.73. The van der Waals surface area contributed by atoms with Crippen molar-refractivity contribution in [3.8, 4) is 0 Å². The Morgan fingerprint density at radius 3 is 2.67 bits per heavy atom. The van der Waals surface area contributed by atoms with Gasteiger partial charge in [-0.25, -0.2) is 0 Å². The standard InChI is InChI=1S/C17H28N4/c1-15-13-21(12-9-19-15)17(16-5-7-18-8-6-16)14-20-10-3-2-4-11-20/h5-8,15,17,19H,2-4,9-14H2,1H3. The molecule has 2 fully saturated rings. The molecule has 2 atom stereocenters. The minimum atomic E-state index is 0.510. The van der Waals surface area contributed by atoms with Gasteiger partial charge in [0.05, 0.1) is 0 Å². The summed E-state index contributed by atoms with van der Waals surface area (Å²) in [6.45, 7) is 9.37. The predicted molar refractivity (Wildman–Crippen MR) is 86.3 cm³/mol. The average molecular weight is 288 g/mol. The van der Waals surface area contributed by atoms with Gasteiger partial charge in [-0.3, -0.25) is 9.88 Å². The molecule has 0 radical (unpaired) electrons. The van der Waals surface area contributed by atoms with Crippen LogP contribution < -0.4 is 5.32 Å². The monoisotopic (exact) mass is 288 g/mol. The molecule has 0 bridgehead atoms. The molecule has 0 amide bonds. The number of nitrogens with zero attached hydrogens (tertiary/aromatic N) is 3. The van der Waals surface area contributed by atoms with E-state index in [0.29, 0.717) is 12.1 Å². The predicted octanol–water partition coefficient (Wildman–Crippen LogP) is 1.90. The Labute approximate surface area is 128 Å². The molecule has 1 N–H and O–H groups in total. The molecule has 0 aromatic carbocycles. The molecule has 0 aliphatic carbocycles. The molecule has 4 heteroatoms. The van der Waals surface area contributed by atoms with Crippen molar-refractivity contribution in [2.45, 2.75) is 38.3 Å². The van der Waals surface area contributed by atoms with Crippen molar-refractivity contribution in [2.75, 3.05) is 39.3 Å². The van der Waals surface area contributed by atoms with Crippen LogP contribution in [-0.2, 0) is 0 Å². The Hall–Kier alpha value is -0.970. The fourth-order valence-electron chi connectivity index (χ4n) is 3.65. The lowest BCUT2D eigenvalue weighted by Gasteiger charge is -2.41. The maximum atomic E-state index is 4.19. The summed E-state index contributed by atoms with van der Waals surface area (Å²) in [4.78, 5) is 9.50. The van der Waals surface area contributed by atoms with Crippen LogP contribution in [0.1, 0.15) is 37.8 Å². The highest BCUT2D eigenvalue weighted by Crippen LogP contribution is 2.24. The number of nitrogens with one attached hydrogen (secondary N) is 1. The van der Waals surface area contributed by atoms with Crippen LogP contribution in [0.4, 0.5) is 0 Å². The SMILES string of the molecule is CC1CN(C(CN2CCCCC2)c2ccncc2)CCN1. The Morgan fingerprint density at radius 1 is 1.19 bits per heavy atom. The van der Waals surface area contributed by atoms with E-state index < -0.39 is 0 Å². The minimum Gasteiger partial charge on any atom is -0.312 e. The Morgan fingerprint density at radius 2 is 1.95 bits per heavy atom. The first kappa shape index (κ1) is 14.9. The van der Waals surface area contributed by atoms with Crippen LogP contribution in [0.15, 0.2) is 24.5 Å². The van der Waals surface area contributed by atoms with Crippen LogP contribution in [0, 0.1) is 0 Å². The van der Waals surface area contributed by atoms with E-state index in [-0.39, 0.29) is 0 Å². The fraction of sp³-hybridized carbons (Fsp3) is 0.706. The van der Waals surface area contributed by atoms with Gasteiger partial charge in [-0.05, 0) is 50.6 Å². The number of likely N-dealkylation sites (tertiary alicyclic amines) is 1. The molecule has 1 aromatic rings. The zero-order chi connectivity index (χ0) is 14.5. The number of hydrogen-bond acceptors (Lipinski definition) is 4. The molecule has 21 heavy (non-hydrogen) atoms. The van der Waals surface area contributed by atoms with Crippen molar-refractivity contribution in [2.24, 2.45) is 0 Å². The van der Waals surface area contributed by atoms with E-state index in [9.17, 15) is 0 Å². The molecular weight excluding hydrogens is 260 g/mol. The molecular formula is C17H28N4. The van der Waals surface area contributed by atoms with Crippen LogP contribution in [0.25, 0.3) is 0 Å². The molecule has 1 aromatic heterocycles. The highest BCUT2D eigenvalue weighted by atomic mass is 15.3. The molecule has 2 aliphatic rings. The zero-order valence-electron chi connectivity index (χ0n) is 13.2. The number of piperidine rings is 1. The van der Waals surface area contributed by atoms with Gasteiger partial charge in [-0.1, -0.05) is 6.42 Å². The largest absolute Gasteiger partial charge is 0.312 e. The highest BCUT2D eigenvalue weighted by molar-refractivity contribution is 5.16. The molecule has 2 aliphatic heterocycles. The van der Waals surface area contributed by atoms with E-state index in [0.717, 1.165) is 26.2 Å². The summed E-state index contributed by atoms with van der Waals surface area (Å²) < 4.78 is 0. The van der Waals surface area contributed by atoms with E-state index in [1.165, 1.54) is 37.9 Å². The number of aromatic nitrogens is 1. The first-order valence-electron chi connectivity index (χ1n) is 8.42. The molecule has 3 heterocycles. The van der Waals surface area contributed by atoms with Crippen LogP contribution in [-0.4, -0.2) is 60.1 Å². The van der Waals surface area contributed by atoms with Gasteiger partial charge < -0.3 is 10.2 Å². The van der Waals surface area contributed by atoms with Crippen molar-refractivity contribution in [3.63, 3.8) is 0 Å². The van der Waals surface area contributed by atoms with E-state index >= 15 is 0 Å². The van der Waals surface area contributed by atoms with Crippen molar-refractivity contribution in [1.82, 2.24) is 20.1 Å². The van der Waals surface area contributed by atoms with Crippen molar-refractivity contribution in [1.29, 1.82) is 0 Å². The van der Waals surface area contributed by atoms with E-state index in [2.05, 4.69) is 39.2 Å². The van der Waals surface area contributed by atoms with Crippen molar-refractivity contribution < 1.29 is 0 Å². The van der Waals surface area contributed by atoms with Gasteiger partial charge in [0.1, 0.15) is 0 Å². The summed E-state index contributed by atoms with van der Waals surface area (Å²) in [5.41, 5.74) is 1.42. The summed E-state index contributed by atoms with van der Waals surface area (Å²) in [5, 5.41) is 3.55. The first-order chi connectivity index (χ1) is 10.3. The van der Waals surface area contributed by atoms with E-state index in [1.807, 2.05) is 12.4 Å². The van der Waals surface area contributed by atoms with Gasteiger partial charge in [-0.2, -0.15) is 0 Å². The second kappa shape index (κ2) is 7.34. The van der Waals surface area contributed by atoms with Gasteiger partial charge in [0.25, 0.3) is 0 Å². The lowest BCUT2D eigenvalue weighted by molar-refractivity contribution is 0.100. The lowest BCUT2D eigenvalue weighted by Crippen LogP contribution is -2.52. The fourth-order valence-corrected chi connectivity index (χ4v) is 3.65. The summed E-state index contributed by atoms with van der Waals surface area (Å²) >= 11 is 0. The molecule has 0 spiro atoms. The molecule has 4 nitrogen and oxygen atoms in total. The summed E-state index contributed by atoms with van der Waals surface area (Å²) in [5.74, 6) is 0. The summed E-state index contributed by atoms with van der Waals surface area (Å²) in [6, 6.07) is 5.49. The normalized spacial score (nSPS) is 26.6. The lowest BCUT2D eigenvalue weighted by atomic mass is 10.0. The minimum absolute atomic E-state index is 0.510. The summed E-state index contributed by atoms with van der Waals surface area (Å²) in [7, 11) is 0. The van der Waals surface area contributed by atoms with Gasteiger partial charge >= 0.3 is 0 Å². The van der Waals surface area contributed by atoms with Gasteiger partial charge in [0.15, 0.2) is 0 Å². The maximum absolute atomic E-state index is 4.19. The van der Waals surface area contributed by atoms with Crippen LogP contribution in [0.3, 0.4) is 0 Å². The number of rotatable bonds is 4. The number of piperazine rings is 1. The van der Waals surface area contributed by atoms with Gasteiger partial charge in [-0.15, -0.1) is 0 Å². The number of hydrogen-bond donors (Lipinski definition) is 1. The second-order valence-electron chi connectivity index (χ2n) is 6.51. The molecule has 2 unspecified atom stereocenters. The van der Waals surface area contributed by atoms with Crippen molar-refractivity contribution in [3.05, 3.63) is 30.1 Å². The second-order valence-corrected chi connectivity index (χ2v) is 6.51. The van der Waals surface area contributed by atoms with E-state index in [1.54, 1.807) is 0 Å². The third-order valence-corrected chi connectivity index (χ3v) is 4.81. The van der Waals surface area contributed by atoms with Gasteiger partial charge in [0.2, 0.25) is 0 Å². The average Bonchev–Trinajstić information content (AvgIpc) is 2.54. The quantitative estimate of drug-likeness (QED) is 0.917. The Bertz CT molecular complexity index is 416. The Kier molecular flexibility index (Phi) is 5.22. The third-order valence-electron chi connectivity index (χ3n) is 4.81. The third kappa shape index (κ3) is 4.02. The highest BCUT2D eigenvalue weighted by Gasteiger charge is 2.27. The van der Waals surface area contributed by atoms with Crippen LogP contribution in [0.5, 0.6) is 0 Å². The van der Waals surface area contributed by atoms with Gasteiger partial charge in [0, 0.05) is 50.7 Å². The van der Waals surface area contributed by atoms with E-state index in [4.69, 9.17) is 0 Å². The first-order valence-corrected chi connectivity index (χ1v) is 8.42. The zero-order valence-corrected chi connectivity index (χ0v) is 13.2. The van der Waals surface area contributed by atoms with Crippen LogP contribution >= 0.6 is 0 Å². The molecule has 2 saturated heterocycles. The molecule has 0 saturated carbocycles. The van der Waals surface area contributed by atoms with Crippen LogP contribution in [0.2, 0.25) is 0 Å². The van der Waals surface area contributed by atoms with Crippen molar-refractivity contribution >= 4 is 0 Å². The number of pyridine rings is 1. The topological polar surface area (TPSA) is 31.4 Å². The molecule has 3 rings (SSSR count). The molecule has 116 valence electrons. The summed E-state index contributed by atoms with van der Waals surface area (Å²) in [6.07, 6.45) is 8.00.